The second-order valence-electron chi connectivity index (χ2n) is 7.15. The molecule has 9 heteroatoms. The molecule has 4 aromatic rings. The van der Waals surface area contributed by atoms with Gasteiger partial charge in [0.15, 0.2) is 5.65 Å². The van der Waals surface area contributed by atoms with Crippen LogP contribution in [0, 0.1) is 0 Å². The minimum Gasteiger partial charge on any atom is -0.352 e. The fraction of sp³-hybridized carbons (Fsp3) is 0.238. The van der Waals surface area contributed by atoms with Crippen LogP contribution in [-0.4, -0.2) is 56.7 Å². The molecule has 0 unspecified atom stereocenters. The van der Waals surface area contributed by atoms with Crippen LogP contribution in [0.4, 0.5) is 5.82 Å². The van der Waals surface area contributed by atoms with Gasteiger partial charge in [0.1, 0.15) is 12.1 Å². The molecule has 0 saturated carbocycles. The van der Waals surface area contributed by atoms with Crippen molar-refractivity contribution in [1.82, 2.24) is 24.6 Å². The second-order valence-corrected chi connectivity index (χ2v) is 8.67. The highest BCUT2D eigenvalue weighted by atomic mass is 35.5. The topological polar surface area (TPSA) is 67.2 Å². The van der Waals surface area contributed by atoms with Gasteiger partial charge >= 0.3 is 0 Å². The first kappa shape index (κ1) is 19.0. The fourth-order valence-corrected chi connectivity index (χ4v) is 4.81. The number of halogens is 1. The van der Waals surface area contributed by atoms with Crippen molar-refractivity contribution < 1.29 is 4.79 Å². The highest BCUT2D eigenvalue weighted by Crippen LogP contribution is 2.30. The molecule has 3 aromatic heterocycles. The zero-order valence-corrected chi connectivity index (χ0v) is 17.9. The maximum Gasteiger partial charge on any atom is 0.264 e. The quantitative estimate of drug-likeness (QED) is 0.487. The van der Waals surface area contributed by atoms with Crippen LogP contribution in [0.2, 0.25) is 5.02 Å². The Bertz CT molecular complexity index is 1210. The lowest BCUT2D eigenvalue weighted by Crippen LogP contribution is -2.49. The average molecular weight is 439 g/mol. The molecule has 1 aliphatic heterocycles. The average Bonchev–Trinajstić information content (AvgIpc) is 3.41. The van der Waals surface area contributed by atoms with E-state index in [1.54, 1.807) is 17.2 Å². The van der Waals surface area contributed by atoms with Gasteiger partial charge in [0.2, 0.25) is 0 Å². The Hall–Kier alpha value is -2.97. The van der Waals surface area contributed by atoms with E-state index in [1.807, 2.05) is 48.3 Å². The summed E-state index contributed by atoms with van der Waals surface area (Å²) in [4.78, 5) is 27.7. The fourth-order valence-electron chi connectivity index (χ4n) is 3.70. The normalized spacial score (nSPS) is 14.5. The number of thiophene rings is 1. The molecule has 0 atom stereocenters. The van der Waals surface area contributed by atoms with E-state index in [1.165, 1.54) is 11.3 Å². The molecule has 0 N–H and O–H groups in total. The summed E-state index contributed by atoms with van der Waals surface area (Å²) in [5.74, 6) is 0.954. The number of carbonyl (C=O) groups excluding carboxylic acids is 1. The first-order valence-corrected chi connectivity index (χ1v) is 10.8. The van der Waals surface area contributed by atoms with Crippen molar-refractivity contribution in [3.8, 4) is 10.4 Å². The molecule has 4 heterocycles. The summed E-state index contributed by atoms with van der Waals surface area (Å²) in [5, 5.41) is 5.92. The third-order valence-corrected chi connectivity index (χ3v) is 6.69. The molecule has 1 aliphatic rings. The lowest BCUT2D eigenvalue weighted by Gasteiger charge is -2.35. The number of benzene rings is 1. The van der Waals surface area contributed by atoms with E-state index in [0.717, 1.165) is 45.3 Å². The molecule has 152 valence electrons. The number of hydrogen-bond acceptors (Lipinski definition) is 6. The highest BCUT2D eigenvalue weighted by molar-refractivity contribution is 7.17. The first-order chi connectivity index (χ1) is 14.6. The Balaban J connectivity index is 1.28. The van der Waals surface area contributed by atoms with E-state index in [4.69, 9.17) is 11.6 Å². The Morgan fingerprint density at radius 1 is 1.03 bits per heavy atom. The number of piperazine rings is 1. The van der Waals surface area contributed by atoms with Gasteiger partial charge in [-0.05, 0) is 29.8 Å². The van der Waals surface area contributed by atoms with Gasteiger partial charge in [0.25, 0.3) is 5.91 Å². The number of amides is 1. The van der Waals surface area contributed by atoms with Gasteiger partial charge in [0, 0.05) is 43.1 Å². The molecular formula is C21H19ClN6OS. The Morgan fingerprint density at radius 2 is 1.80 bits per heavy atom. The number of carbonyl (C=O) groups is 1. The minimum atomic E-state index is 0.0778. The van der Waals surface area contributed by atoms with Crippen LogP contribution >= 0.6 is 22.9 Å². The van der Waals surface area contributed by atoms with Gasteiger partial charge in [-0.3, -0.25) is 9.48 Å². The minimum absolute atomic E-state index is 0.0778. The lowest BCUT2D eigenvalue weighted by atomic mass is 10.2. The molecule has 1 fully saturated rings. The number of anilines is 1. The van der Waals surface area contributed by atoms with Gasteiger partial charge < -0.3 is 9.80 Å². The smallest absolute Gasteiger partial charge is 0.264 e. The maximum absolute atomic E-state index is 13.0. The highest BCUT2D eigenvalue weighted by Gasteiger charge is 2.25. The summed E-state index contributed by atoms with van der Waals surface area (Å²) < 4.78 is 1.75. The monoisotopic (exact) mass is 438 g/mol. The Kier molecular flexibility index (Phi) is 4.88. The van der Waals surface area contributed by atoms with Crippen LogP contribution in [0.1, 0.15) is 9.67 Å². The van der Waals surface area contributed by atoms with Crippen molar-refractivity contribution >= 4 is 45.7 Å². The summed E-state index contributed by atoms with van der Waals surface area (Å²) in [6.07, 6.45) is 3.37. The van der Waals surface area contributed by atoms with Gasteiger partial charge in [-0.2, -0.15) is 5.10 Å². The van der Waals surface area contributed by atoms with Crippen LogP contribution in [0.5, 0.6) is 0 Å². The first-order valence-electron chi connectivity index (χ1n) is 9.63. The van der Waals surface area contributed by atoms with Crippen LogP contribution in [0.15, 0.2) is 48.9 Å². The summed E-state index contributed by atoms with van der Waals surface area (Å²) in [7, 11) is 1.87. The summed E-state index contributed by atoms with van der Waals surface area (Å²) in [6, 6.07) is 11.6. The predicted octanol–water partition coefficient (Wildman–Crippen LogP) is 3.71. The van der Waals surface area contributed by atoms with Crippen molar-refractivity contribution in [2.75, 3.05) is 31.1 Å². The molecule has 1 amide bonds. The van der Waals surface area contributed by atoms with Crippen molar-refractivity contribution in [3.63, 3.8) is 0 Å². The van der Waals surface area contributed by atoms with Crippen molar-refractivity contribution in [2.24, 2.45) is 7.05 Å². The van der Waals surface area contributed by atoms with Crippen molar-refractivity contribution in [1.29, 1.82) is 0 Å². The van der Waals surface area contributed by atoms with Gasteiger partial charge in [0.05, 0.1) is 16.5 Å². The van der Waals surface area contributed by atoms with E-state index in [0.29, 0.717) is 18.1 Å². The molecule has 0 radical (unpaired) electrons. The van der Waals surface area contributed by atoms with Gasteiger partial charge in [-0.15, -0.1) is 11.3 Å². The molecule has 0 spiro atoms. The molecule has 0 aliphatic carbocycles. The van der Waals surface area contributed by atoms with E-state index in [-0.39, 0.29) is 5.91 Å². The largest absolute Gasteiger partial charge is 0.352 e. The molecule has 7 nitrogen and oxygen atoms in total. The van der Waals surface area contributed by atoms with Gasteiger partial charge in [-0.25, -0.2) is 9.97 Å². The van der Waals surface area contributed by atoms with Crippen molar-refractivity contribution in [2.45, 2.75) is 0 Å². The molecular weight excluding hydrogens is 420 g/mol. The molecule has 30 heavy (non-hydrogen) atoms. The van der Waals surface area contributed by atoms with Crippen molar-refractivity contribution in [3.05, 3.63) is 58.8 Å². The SMILES string of the molecule is Cn1ncc2c(N3CCN(C(=O)c4ccc(-c5ccc(Cl)cc5)s4)CC3)ncnc21. The van der Waals surface area contributed by atoms with Crippen LogP contribution < -0.4 is 4.90 Å². The number of hydrogen-bond donors (Lipinski definition) is 0. The Morgan fingerprint density at radius 3 is 2.57 bits per heavy atom. The van der Waals surface area contributed by atoms with Gasteiger partial charge in [-0.1, -0.05) is 23.7 Å². The second kappa shape index (κ2) is 7.70. The number of aromatic nitrogens is 4. The molecule has 1 saturated heterocycles. The van der Waals surface area contributed by atoms with E-state index >= 15 is 0 Å². The maximum atomic E-state index is 13.0. The van der Waals surface area contributed by atoms with E-state index in [2.05, 4.69) is 20.0 Å². The van der Waals surface area contributed by atoms with E-state index in [9.17, 15) is 4.79 Å². The summed E-state index contributed by atoms with van der Waals surface area (Å²) in [6.45, 7) is 2.75. The standard InChI is InChI=1S/C21H19ClN6OS/c1-26-19-16(12-25-26)20(24-13-23-19)27-8-10-28(11-9-27)21(29)18-7-6-17(30-18)14-2-4-15(22)5-3-14/h2-7,12-13H,8-11H2,1H3. The molecule has 1 aromatic carbocycles. The summed E-state index contributed by atoms with van der Waals surface area (Å²) >= 11 is 7.49. The zero-order chi connectivity index (χ0) is 20.7. The Labute approximate surface area is 182 Å². The third kappa shape index (κ3) is 3.42. The number of nitrogens with zero attached hydrogens (tertiary/aromatic N) is 6. The predicted molar refractivity (Wildman–Crippen MR) is 119 cm³/mol. The van der Waals surface area contributed by atoms with Crippen LogP contribution in [0.3, 0.4) is 0 Å². The molecule has 0 bridgehead atoms. The third-order valence-electron chi connectivity index (χ3n) is 5.32. The molecule has 5 rings (SSSR count). The van der Waals surface area contributed by atoms with Crippen LogP contribution in [0.25, 0.3) is 21.5 Å². The number of aryl methyl sites for hydroxylation is 1. The lowest BCUT2D eigenvalue weighted by molar-refractivity contribution is 0.0751. The number of fused-ring (bicyclic) bond motifs is 1. The zero-order valence-electron chi connectivity index (χ0n) is 16.3. The summed E-state index contributed by atoms with van der Waals surface area (Å²) in [5.41, 5.74) is 1.88. The van der Waals surface area contributed by atoms with E-state index < -0.39 is 0 Å². The van der Waals surface area contributed by atoms with Crippen LogP contribution in [-0.2, 0) is 7.05 Å². The number of rotatable bonds is 3.